The van der Waals surface area contributed by atoms with Crippen LogP contribution >= 0.6 is 0 Å². The largest absolute Gasteiger partial charge is 0.497 e. The molecule has 0 radical (unpaired) electrons. The van der Waals surface area contributed by atoms with Gasteiger partial charge in [0.05, 0.1) is 26.7 Å². The number of nitrogens with zero attached hydrogens (tertiary/aromatic N) is 1. The van der Waals surface area contributed by atoms with E-state index in [-0.39, 0.29) is 5.76 Å². The van der Waals surface area contributed by atoms with Gasteiger partial charge in [0.2, 0.25) is 0 Å². The second-order valence-corrected chi connectivity index (χ2v) is 3.78. The molecule has 0 saturated heterocycles. The summed E-state index contributed by atoms with van der Waals surface area (Å²) in [5.74, 6) is 1.07. The summed E-state index contributed by atoms with van der Waals surface area (Å²) in [6.45, 7) is 0. The smallest absolute Gasteiger partial charge is 0.307 e. The van der Waals surface area contributed by atoms with Crippen LogP contribution in [0.2, 0.25) is 0 Å². The molecule has 0 unspecified atom stereocenters. The predicted molar refractivity (Wildman–Crippen MR) is 73.3 cm³/mol. The highest BCUT2D eigenvalue weighted by atomic mass is 16.5. The molecule has 2 aromatic rings. The van der Waals surface area contributed by atoms with Gasteiger partial charge in [0.25, 0.3) is 0 Å². The van der Waals surface area contributed by atoms with Crippen molar-refractivity contribution in [1.82, 2.24) is 5.43 Å². The maximum atomic E-state index is 11.6. The van der Waals surface area contributed by atoms with Gasteiger partial charge in [-0.25, -0.2) is 5.43 Å². The Morgan fingerprint density at radius 3 is 2.80 bits per heavy atom. The van der Waals surface area contributed by atoms with Crippen molar-refractivity contribution in [3.05, 3.63) is 47.9 Å². The van der Waals surface area contributed by atoms with Crippen molar-refractivity contribution in [1.29, 1.82) is 0 Å². The van der Waals surface area contributed by atoms with Gasteiger partial charge < -0.3 is 13.9 Å². The molecule has 1 aromatic carbocycles. The topological polar surface area (TPSA) is 73.1 Å². The summed E-state index contributed by atoms with van der Waals surface area (Å²) in [6, 6.07) is 8.47. The first-order valence-electron chi connectivity index (χ1n) is 5.83. The number of carbonyl (C=O) groups excluding carboxylic acids is 1. The molecule has 0 fully saturated rings. The number of hydrogen-bond donors (Lipinski definition) is 1. The van der Waals surface area contributed by atoms with Crippen molar-refractivity contribution in [3.63, 3.8) is 0 Å². The van der Waals surface area contributed by atoms with Crippen molar-refractivity contribution in [2.75, 3.05) is 14.2 Å². The summed E-state index contributed by atoms with van der Waals surface area (Å²) in [5, 5.41) is 3.86. The minimum Gasteiger partial charge on any atom is -0.497 e. The Hall–Kier alpha value is -2.76. The second-order valence-electron chi connectivity index (χ2n) is 3.78. The zero-order valence-electron chi connectivity index (χ0n) is 11.1. The van der Waals surface area contributed by atoms with Gasteiger partial charge in [0.15, 0.2) is 5.76 Å². The lowest BCUT2D eigenvalue weighted by atomic mass is 10.2. The molecular weight excluding hydrogens is 260 g/mol. The third-order valence-electron chi connectivity index (χ3n) is 2.55. The summed E-state index contributed by atoms with van der Waals surface area (Å²) in [6.07, 6.45) is 2.89. The molecule has 1 N–H and O–H groups in total. The van der Waals surface area contributed by atoms with E-state index in [1.165, 1.54) is 12.5 Å². The van der Waals surface area contributed by atoms with Crippen LogP contribution in [0.1, 0.15) is 16.1 Å². The zero-order chi connectivity index (χ0) is 14.4. The minimum absolute atomic E-state index is 0.194. The van der Waals surface area contributed by atoms with Crippen LogP contribution in [0.25, 0.3) is 0 Å². The van der Waals surface area contributed by atoms with E-state index in [2.05, 4.69) is 10.5 Å². The lowest BCUT2D eigenvalue weighted by molar-refractivity contribution is 0.0927. The highest BCUT2D eigenvalue weighted by Crippen LogP contribution is 2.22. The predicted octanol–water partition coefficient (Wildman–Crippen LogP) is 2.06. The van der Waals surface area contributed by atoms with E-state index in [1.807, 2.05) is 0 Å². The Bertz CT molecular complexity index is 606. The van der Waals surface area contributed by atoms with Crippen LogP contribution in [0.15, 0.2) is 46.1 Å². The lowest BCUT2D eigenvalue weighted by Crippen LogP contribution is -2.16. The van der Waals surface area contributed by atoms with Gasteiger partial charge in [-0.2, -0.15) is 5.10 Å². The molecule has 0 bridgehead atoms. The number of amides is 1. The van der Waals surface area contributed by atoms with Gasteiger partial charge in [-0.3, -0.25) is 4.79 Å². The molecule has 0 spiro atoms. The molecule has 0 atom stereocenters. The van der Waals surface area contributed by atoms with Crippen LogP contribution in [0.4, 0.5) is 0 Å². The fraction of sp³-hybridized carbons (Fsp3) is 0.143. The number of nitrogens with one attached hydrogen (secondary N) is 1. The van der Waals surface area contributed by atoms with Crippen LogP contribution < -0.4 is 14.9 Å². The van der Waals surface area contributed by atoms with Gasteiger partial charge in [0, 0.05) is 5.56 Å². The van der Waals surface area contributed by atoms with Crippen LogP contribution in [-0.2, 0) is 0 Å². The summed E-state index contributed by atoms with van der Waals surface area (Å²) < 4.78 is 15.3. The number of carbonyl (C=O) groups is 1. The second kappa shape index (κ2) is 6.42. The maximum Gasteiger partial charge on any atom is 0.307 e. The molecule has 0 aliphatic rings. The van der Waals surface area contributed by atoms with Gasteiger partial charge in [0.1, 0.15) is 11.5 Å². The third-order valence-corrected chi connectivity index (χ3v) is 2.55. The normalized spacial score (nSPS) is 10.5. The monoisotopic (exact) mass is 274 g/mol. The summed E-state index contributed by atoms with van der Waals surface area (Å²) >= 11 is 0. The van der Waals surface area contributed by atoms with Crippen molar-refractivity contribution in [3.8, 4) is 11.5 Å². The molecule has 0 aliphatic heterocycles. The summed E-state index contributed by atoms with van der Waals surface area (Å²) in [4.78, 5) is 11.6. The molecule has 1 heterocycles. The Morgan fingerprint density at radius 1 is 1.30 bits per heavy atom. The third kappa shape index (κ3) is 3.17. The molecule has 6 nitrogen and oxygen atoms in total. The average molecular weight is 274 g/mol. The Balaban J connectivity index is 2.09. The molecule has 104 valence electrons. The molecule has 20 heavy (non-hydrogen) atoms. The van der Waals surface area contributed by atoms with Crippen LogP contribution in [-0.4, -0.2) is 26.3 Å². The first-order valence-corrected chi connectivity index (χ1v) is 5.83. The van der Waals surface area contributed by atoms with E-state index in [1.54, 1.807) is 44.6 Å². The minimum atomic E-state index is -0.423. The van der Waals surface area contributed by atoms with Crippen molar-refractivity contribution in [2.24, 2.45) is 5.10 Å². The van der Waals surface area contributed by atoms with Crippen LogP contribution in [0.5, 0.6) is 11.5 Å². The number of methoxy groups -OCH3 is 2. The molecule has 1 aromatic heterocycles. The molecule has 0 saturated carbocycles. The fourth-order valence-electron chi connectivity index (χ4n) is 1.56. The highest BCUT2D eigenvalue weighted by molar-refractivity contribution is 5.92. The van der Waals surface area contributed by atoms with Crippen LogP contribution in [0, 0.1) is 0 Å². The quantitative estimate of drug-likeness (QED) is 0.669. The van der Waals surface area contributed by atoms with E-state index in [0.29, 0.717) is 17.1 Å². The number of benzene rings is 1. The number of rotatable bonds is 5. The standard InChI is InChI=1S/C14H14N2O4/c1-18-11-5-6-12(19-2)10(8-11)9-15-16-14(17)13-4-3-7-20-13/h3-9H,1-2H3,(H,16,17)/b15-9+. The van der Waals surface area contributed by atoms with Crippen molar-refractivity contribution in [2.45, 2.75) is 0 Å². The molecule has 2 rings (SSSR count). The average Bonchev–Trinajstić information content (AvgIpc) is 3.01. The van der Waals surface area contributed by atoms with Gasteiger partial charge in [-0.05, 0) is 30.3 Å². The Labute approximate surface area is 116 Å². The SMILES string of the molecule is COc1ccc(OC)c(/C=N/NC(=O)c2ccco2)c1. The lowest BCUT2D eigenvalue weighted by Gasteiger charge is -2.06. The van der Waals surface area contributed by atoms with E-state index in [9.17, 15) is 4.79 Å². The molecule has 0 aliphatic carbocycles. The Kier molecular flexibility index (Phi) is 4.39. The first kappa shape index (κ1) is 13.7. The summed E-state index contributed by atoms with van der Waals surface area (Å²) in [7, 11) is 3.13. The van der Waals surface area contributed by atoms with E-state index < -0.39 is 5.91 Å². The van der Waals surface area contributed by atoms with E-state index in [4.69, 9.17) is 13.9 Å². The zero-order valence-corrected chi connectivity index (χ0v) is 11.1. The van der Waals surface area contributed by atoms with Gasteiger partial charge in [-0.1, -0.05) is 0 Å². The van der Waals surface area contributed by atoms with E-state index >= 15 is 0 Å². The number of hydrazone groups is 1. The van der Waals surface area contributed by atoms with Gasteiger partial charge >= 0.3 is 5.91 Å². The molecule has 1 amide bonds. The number of hydrogen-bond acceptors (Lipinski definition) is 5. The molecular formula is C14H14N2O4. The van der Waals surface area contributed by atoms with Crippen LogP contribution in [0.3, 0.4) is 0 Å². The Morgan fingerprint density at radius 2 is 2.15 bits per heavy atom. The number of furan rings is 1. The maximum absolute atomic E-state index is 11.6. The van der Waals surface area contributed by atoms with E-state index in [0.717, 1.165) is 0 Å². The molecule has 6 heteroatoms. The first-order chi connectivity index (χ1) is 9.74. The summed E-state index contributed by atoms with van der Waals surface area (Å²) in [5.41, 5.74) is 3.05. The van der Waals surface area contributed by atoms with Crippen molar-refractivity contribution < 1.29 is 18.7 Å². The fourth-order valence-corrected chi connectivity index (χ4v) is 1.56. The van der Waals surface area contributed by atoms with Gasteiger partial charge in [-0.15, -0.1) is 0 Å². The number of ether oxygens (including phenoxy) is 2. The van der Waals surface area contributed by atoms with Crippen molar-refractivity contribution >= 4 is 12.1 Å². The highest BCUT2D eigenvalue weighted by Gasteiger charge is 2.07.